The summed E-state index contributed by atoms with van der Waals surface area (Å²) in [5.41, 5.74) is 6.00. The molecule has 1 heterocycles. The van der Waals surface area contributed by atoms with Crippen LogP contribution in [0.4, 0.5) is 0 Å². The normalized spacial score (nSPS) is 18.7. The van der Waals surface area contributed by atoms with E-state index in [4.69, 9.17) is 4.74 Å². The molecule has 0 spiro atoms. The van der Waals surface area contributed by atoms with Crippen LogP contribution in [0, 0.1) is 0 Å². The first kappa shape index (κ1) is 17.9. The third-order valence-electron chi connectivity index (χ3n) is 5.88. The lowest BCUT2D eigenvalue weighted by molar-refractivity contribution is 0.299. The number of likely N-dealkylation sites (N-methyl/N-ethyl adjacent to an activating group) is 1. The molecule has 0 fully saturated rings. The summed E-state index contributed by atoms with van der Waals surface area (Å²) < 4.78 is 5.59. The predicted molar refractivity (Wildman–Crippen MR) is 111 cm³/mol. The van der Waals surface area contributed by atoms with Crippen LogP contribution in [-0.4, -0.2) is 37.9 Å². The second-order valence-corrected chi connectivity index (χ2v) is 8.81. The van der Waals surface area contributed by atoms with E-state index in [1.165, 1.54) is 46.6 Å². The molecule has 0 bridgehead atoms. The molecular formula is C23H29NOS. The molecule has 0 amide bonds. The van der Waals surface area contributed by atoms with Crippen molar-refractivity contribution in [3.8, 4) is 5.75 Å². The Morgan fingerprint density at radius 2 is 2.12 bits per heavy atom. The molecule has 0 saturated heterocycles. The van der Waals surface area contributed by atoms with Gasteiger partial charge in [0.1, 0.15) is 5.75 Å². The Morgan fingerprint density at radius 1 is 1.19 bits per heavy atom. The Labute approximate surface area is 161 Å². The minimum atomic E-state index is 0.635. The van der Waals surface area contributed by atoms with Crippen LogP contribution in [0.1, 0.15) is 41.0 Å². The van der Waals surface area contributed by atoms with Crippen molar-refractivity contribution in [2.45, 2.75) is 42.9 Å². The highest BCUT2D eigenvalue weighted by Crippen LogP contribution is 2.37. The third kappa shape index (κ3) is 3.79. The second-order valence-electron chi connectivity index (χ2n) is 7.67. The number of nitrogens with zero attached hydrogens (tertiary/aromatic N) is 1. The van der Waals surface area contributed by atoms with Gasteiger partial charge in [-0.15, -0.1) is 11.8 Å². The van der Waals surface area contributed by atoms with Crippen molar-refractivity contribution in [1.29, 1.82) is 0 Å². The van der Waals surface area contributed by atoms with Crippen LogP contribution in [0.25, 0.3) is 0 Å². The van der Waals surface area contributed by atoms with Gasteiger partial charge in [-0.2, -0.15) is 0 Å². The summed E-state index contributed by atoms with van der Waals surface area (Å²) in [5.74, 6) is 2.96. The van der Waals surface area contributed by atoms with Crippen molar-refractivity contribution in [3.63, 3.8) is 0 Å². The first-order valence-electron chi connectivity index (χ1n) is 9.83. The van der Waals surface area contributed by atoms with E-state index >= 15 is 0 Å². The highest BCUT2D eigenvalue weighted by Gasteiger charge is 2.23. The number of aryl methyl sites for hydroxylation is 1. The highest BCUT2D eigenvalue weighted by atomic mass is 32.2. The predicted octanol–water partition coefficient (Wildman–Crippen LogP) is 4.94. The number of hydrogen-bond acceptors (Lipinski definition) is 3. The summed E-state index contributed by atoms with van der Waals surface area (Å²) in [6, 6.07) is 13.7. The number of methoxy groups -OCH3 is 1. The van der Waals surface area contributed by atoms with Crippen LogP contribution in [0.5, 0.6) is 5.75 Å². The molecule has 1 aliphatic carbocycles. The number of hydrogen-bond donors (Lipinski definition) is 0. The van der Waals surface area contributed by atoms with Crippen LogP contribution in [0.3, 0.4) is 0 Å². The van der Waals surface area contributed by atoms with Crippen molar-refractivity contribution in [2.75, 3.05) is 33.0 Å². The monoisotopic (exact) mass is 367 g/mol. The summed E-state index contributed by atoms with van der Waals surface area (Å²) in [7, 11) is 4.07. The third-order valence-corrected chi connectivity index (χ3v) is 6.99. The number of thioether (sulfide) groups is 1. The zero-order valence-electron chi connectivity index (χ0n) is 16.0. The van der Waals surface area contributed by atoms with Gasteiger partial charge < -0.3 is 9.64 Å². The summed E-state index contributed by atoms with van der Waals surface area (Å²) >= 11 is 2.00. The molecule has 1 aliphatic heterocycles. The summed E-state index contributed by atoms with van der Waals surface area (Å²) in [5, 5.41) is 0. The quantitative estimate of drug-likeness (QED) is 0.718. The summed E-state index contributed by atoms with van der Waals surface area (Å²) in [6.45, 7) is 2.27. The van der Waals surface area contributed by atoms with Gasteiger partial charge in [0.2, 0.25) is 0 Å². The molecule has 4 rings (SSSR count). The van der Waals surface area contributed by atoms with E-state index in [-0.39, 0.29) is 0 Å². The van der Waals surface area contributed by atoms with Gasteiger partial charge in [-0.1, -0.05) is 24.3 Å². The van der Waals surface area contributed by atoms with Crippen molar-refractivity contribution >= 4 is 11.8 Å². The van der Waals surface area contributed by atoms with Crippen LogP contribution in [-0.2, 0) is 19.3 Å². The average molecular weight is 368 g/mol. The summed E-state index contributed by atoms with van der Waals surface area (Å²) in [6.07, 6.45) is 6.11. The fourth-order valence-corrected chi connectivity index (χ4v) is 5.53. The SMILES string of the molecule is COc1cccc2c1CCCC2CN(C)CCc1ccc2c(c1)CCS2. The van der Waals surface area contributed by atoms with Crippen molar-refractivity contribution < 1.29 is 4.74 Å². The Bertz CT molecular complexity index is 773. The Hall–Kier alpha value is -1.45. The number of rotatable bonds is 6. The fourth-order valence-electron chi connectivity index (χ4n) is 4.48. The van der Waals surface area contributed by atoms with Crippen LogP contribution in [0.2, 0.25) is 0 Å². The molecule has 2 aromatic rings. The van der Waals surface area contributed by atoms with Crippen LogP contribution < -0.4 is 4.74 Å². The first-order valence-corrected chi connectivity index (χ1v) is 10.8. The molecule has 2 aliphatic rings. The van der Waals surface area contributed by atoms with Gasteiger partial charge in [-0.25, -0.2) is 0 Å². The lowest BCUT2D eigenvalue weighted by atomic mass is 9.82. The molecule has 0 aromatic heterocycles. The molecule has 2 nitrogen and oxygen atoms in total. The minimum absolute atomic E-state index is 0.635. The molecule has 26 heavy (non-hydrogen) atoms. The van der Waals surface area contributed by atoms with Gasteiger partial charge in [0.15, 0.2) is 0 Å². The topological polar surface area (TPSA) is 12.5 Å². The van der Waals surface area contributed by atoms with Gasteiger partial charge in [0.05, 0.1) is 7.11 Å². The molecule has 138 valence electrons. The maximum Gasteiger partial charge on any atom is 0.122 e. The molecule has 3 heteroatoms. The molecule has 1 atom stereocenters. The summed E-state index contributed by atoms with van der Waals surface area (Å²) in [4.78, 5) is 4.01. The van der Waals surface area contributed by atoms with E-state index in [0.29, 0.717) is 5.92 Å². The standard InChI is InChI=1S/C23H29NOS/c1-24(13-11-17-9-10-23-18(15-17)12-14-26-23)16-19-5-3-7-21-20(19)6-4-8-22(21)25-2/h4,6,8-10,15,19H,3,5,7,11-14,16H2,1-2H3. The lowest BCUT2D eigenvalue weighted by Crippen LogP contribution is -2.28. The van der Waals surface area contributed by atoms with Gasteiger partial charge in [-0.3, -0.25) is 0 Å². The van der Waals surface area contributed by atoms with Gasteiger partial charge in [-0.05, 0) is 79.5 Å². The van der Waals surface area contributed by atoms with E-state index in [1.54, 1.807) is 12.7 Å². The Morgan fingerprint density at radius 3 is 3.00 bits per heavy atom. The maximum absolute atomic E-state index is 5.59. The fraction of sp³-hybridized carbons (Fsp3) is 0.478. The average Bonchev–Trinajstić information content (AvgIpc) is 3.14. The molecule has 2 aromatic carbocycles. The van der Waals surface area contributed by atoms with E-state index in [0.717, 1.165) is 31.7 Å². The van der Waals surface area contributed by atoms with Gasteiger partial charge >= 0.3 is 0 Å². The number of benzene rings is 2. The highest BCUT2D eigenvalue weighted by molar-refractivity contribution is 7.99. The largest absolute Gasteiger partial charge is 0.496 e. The van der Waals surface area contributed by atoms with Crippen molar-refractivity contribution in [1.82, 2.24) is 4.90 Å². The minimum Gasteiger partial charge on any atom is -0.496 e. The zero-order chi connectivity index (χ0) is 17.9. The Kier molecular flexibility index (Phi) is 5.56. The molecule has 0 N–H and O–H groups in total. The van der Waals surface area contributed by atoms with Crippen LogP contribution in [0.15, 0.2) is 41.3 Å². The van der Waals surface area contributed by atoms with Crippen LogP contribution >= 0.6 is 11.8 Å². The molecule has 0 saturated carbocycles. The van der Waals surface area contributed by atoms with Crippen molar-refractivity contribution in [3.05, 3.63) is 58.7 Å². The Balaban J connectivity index is 1.38. The van der Waals surface area contributed by atoms with E-state index < -0.39 is 0 Å². The van der Waals surface area contributed by atoms with Gasteiger partial charge in [0.25, 0.3) is 0 Å². The zero-order valence-corrected chi connectivity index (χ0v) is 16.8. The van der Waals surface area contributed by atoms with E-state index in [9.17, 15) is 0 Å². The van der Waals surface area contributed by atoms with E-state index in [2.05, 4.69) is 48.3 Å². The second kappa shape index (κ2) is 8.06. The molecular weight excluding hydrogens is 338 g/mol. The number of fused-ring (bicyclic) bond motifs is 2. The van der Waals surface area contributed by atoms with Gasteiger partial charge in [0, 0.05) is 23.7 Å². The number of ether oxygens (including phenoxy) is 1. The van der Waals surface area contributed by atoms with E-state index in [1.807, 2.05) is 11.8 Å². The maximum atomic E-state index is 5.59. The lowest BCUT2D eigenvalue weighted by Gasteiger charge is -2.30. The van der Waals surface area contributed by atoms with Crippen molar-refractivity contribution in [2.24, 2.45) is 0 Å². The first-order chi connectivity index (χ1) is 12.7. The smallest absolute Gasteiger partial charge is 0.122 e. The molecule has 1 unspecified atom stereocenters. The molecule has 0 radical (unpaired) electrons.